The van der Waals surface area contributed by atoms with Gasteiger partial charge in [0.2, 0.25) is 17.7 Å². The summed E-state index contributed by atoms with van der Waals surface area (Å²) in [5.74, 6) is -2.23. The number of thioether (sulfide) groups is 1. The largest absolute Gasteiger partial charge is 0.480 e. The third kappa shape index (κ3) is 9.87. The zero-order valence-corrected chi connectivity index (χ0v) is 17.6. The highest BCUT2D eigenvalue weighted by Gasteiger charge is 2.30. The van der Waals surface area contributed by atoms with E-state index in [1.165, 1.54) is 11.8 Å². The molecule has 156 valence electrons. The number of aliphatic carboxylic acids is 1. The minimum Gasteiger partial charge on any atom is -0.480 e. The normalized spacial score (nSPS) is 15.1. The number of rotatable bonds is 13. The van der Waals surface area contributed by atoms with Gasteiger partial charge < -0.3 is 26.8 Å². The Bertz CT molecular complexity index is 521. The first-order valence-corrected chi connectivity index (χ1v) is 10.7. The van der Waals surface area contributed by atoms with Gasteiger partial charge in [-0.2, -0.15) is 24.4 Å². The highest BCUT2D eigenvalue weighted by Crippen LogP contribution is 2.10. The molecule has 0 aromatic rings. The van der Waals surface area contributed by atoms with Gasteiger partial charge in [0.25, 0.3) is 0 Å². The Hall–Kier alpha value is -1.46. The maximum Gasteiger partial charge on any atom is 0.322 e. The van der Waals surface area contributed by atoms with Crippen LogP contribution in [0.2, 0.25) is 0 Å². The molecule has 0 fully saturated rings. The van der Waals surface area contributed by atoms with Crippen LogP contribution in [0.3, 0.4) is 0 Å². The quantitative estimate of drug-likeness (QED) is 0.213. The van der Waals surface area contributed by atoms with E-state index in [2.05, 4.69) is 28.6 Å². The molecule has 0 aromatic carbocycles. The lowest BCUT2D eigenvalue weighted by Gasteiger charge is -2.27. The average Bonchev–Trinajstić information content (AvgIpc) is 2.65. The number of carboxylic acid groups (broad SMARTS) is 1. The lowest BCUT2D eigenvalue weighted by atomic mass is 9.97. The van der Waals surface area contributed by atoms with E-state index in [0.29, 0.717) is 18.6 Å². The van der Waals surface area contributed by atoms with Crippen LogP contribution in [0, 0.1) is 5.92 Å². The van der Waals surface area contributed by atoms with Gasteiger partial charge in [-0.1, -0.05) is 20.3 Å². The Labute approximate surface area is 169 Å². The summed E-state index contributed by atoms with van der Waals surface area (Å²) in [5.41, 5.74) is 5.65. The van der Waals surface area contributed by atoms with Gasteiger partial charge in [-0.05, 0) is 24.3 Å². The summed E-state index contributed by atoms with van der Waals surface area (Å²) in [7, 11) is 0. The third-order valence-electron chi connectivity index (χ3n) is 3.98. The molecule has 11 heteroatoms. The SMILES string of the molecule is CCC(C)C(NC(=O)C(N)CS)C(=O)NC(CCSC)C(=O)NCC(=O)O. The molecule has 0 saturated heterocycles. The fourth-order valence-electron chi connectivity index (χ4n) is 2.10. The van der Waals surface area contributed by atoms with Gasteiger partial charge in [0.05, 0.1) is 6.04 Å². The van der Waals surface area contributed by atoms with E-state index in [9.17, 15) is 19.2 Å². The Kier molecular flexibility index (Phi) is 12.9. The molecule has 0 aliphatic rings. The first kappa shape index (κ1) is 25.5. The van der Waals surface area contributed by atoms with Crippen molar-refractivity contribution in [1.82, 2.24) is 16.0 Å². The van der Waals surface area contributed by atoms with Crippen molar-refractivity contribution < 1.29 is 24.3 Å². The number of nitrogens with one attached hydrogen (secondary N) is 3. The van der Waals surface area contributed by atoms with E-state index >= 15 is 0 Å². The smallest absolute Gasteiger partial charge is 0.322 e. The van der Waals surface area contributed by atoms with Crippen molar-refractivity contribution in [2.24, 2.45) is 11.7 Å². The molecule has 0 rings (SSSR count). The zero-order chi connectivity index (χ0) is 21.0. The highest BCUT2D eigenvalue weighted by atomic mass is 32.2. The number of carbonyl (C=O) groups excluding carboxylic acids is 3. The zero-order valence-electron chi connectivity index (χ0n) is 15.9. The number of amides is 3. The summed E-state index contributed by atoms with van der Waals surface area (Å²) in [4.78, 5) is 47.6. The van der Waals surface area contributed by atoms with Gasteiger partial charge in [-0.25, -0.2) is 0 Å². The van der Waals surface area contributed by atoms with Crippen LogP contribution in [-0.4, -0.2) is 71.2 Å². The Morgan fingerprint density at radius 2 is 1.78 bits per heavy atom. The standard InChI is InChI=1S/C16H30N4O5S2/c1-4-9(2)13(20-14(23)10(17)8-26)16(25)19-11(5-6-27-3)15(24)18-7-12(21)22/h9-11,13,26H,4-8,17H2,1-3H3,(H,18,24)(H,19,25)(H,20,23)(H,21,22). The molecule has 0 aliphatic carbocycles. The number of hydrogen-bond donors (Lipinski definition) is 6. The van der Waals surface area contributed by atoms with Crippen LogP contribution >= 0.6 is 24.4 Å². The van der Waals surface area contributed by atoms with E-state index in [-0.39, 0.29) is 11.7 Å². The molecule has 4 atom stereocenters. The predicted molar refractivity (Wildman–Crippen MR) is 109 cm³/mol. The molecule has 4 unspecified atom stereocenters. The van der Waals surface area contributed by atoms with Crippen molar-refractivity contribution in [3.05, 3.63) is 0 Å². The van der Waals surface area contributed by atoms with Crippen LogP contribution in [-0.2, 0) is 19.2 Å². The van der Waals surface area contributed by atoms with Gasteiger partial charge in [0.15, 0.2) is 0 Å². The van der Waals surface area contributed by atoms with Crippen molar-refractivity contribution in [2.75, 3.05) is 24.3 Å². The van der Waals surface area contributed by atoms with Crippen LogP contribution in [0.5, 0.6) is 0 Å². The van der Waals surface area contributed by atoms with Gasteiger partial charge in [0.1, 0.15) is 18.6 Å². The molecule has 27 heavy (non-hydrogen) atoms. The minimum absolute atomic E-state index is 0.134. The second-order valence-electron chi connectivity index (χ2n) is 6.12. The van der Waals surface area contributed by atoms with Gasteiger partial charge >= 0.3 is 5.97 Å². The lowest BCUT2D eigenvalue weighted by molar-refractivity contribution is -0.138. The number of carbonyl (C=O) groups is 4. The maximum atomic E-state index is 12.7. The number of nitrogens with two attached hydrogens (primary N) is 1. The Morgan fingerprint density at radius 3 is 2.26 bits per heavy atom. The van der Waals surface area contributed by atoms with Crippen LogP contribution in [0.15, 0.2) is 0 Å². The van der Waals surface area contributed by atoms with Crippen LogP contribution < -0.4 is 21.7 Å². The topological polar surface area (TPSA) is 151 Å². The summed E-state index contributed by atoms with van der Waals surface area (Å²) in [6.07, 6.45) is 2.81. The van der Waals surface area contributed by atoms with Crippen molar-refractivity contribution in [3.8, 4) is 0 Å². The molecule has 3 amide bonds. The molecule has 0 radical (unpaired) electrons. The fraction of sp³-hybridized carbons (Fsp3) is 0.750. The summed E-state index contributed by atoms with van der Waals surface area (Å²) < 4.78 is 0. The van der Waals surface area contributed by atoms with E-state index < -0.39 is 48.4 Å². The van der Waals surface area contributed by atoms with E-state index in [1.807, 2.05) is 13.2 Å². The maximum absolute atomic E-state index is 12.7. The van der Waals surface area contributed by atoms with Crippen molar-refractivity contribution in [1.29, 1.82) is 0 Å². The highest BCUT2D eigenvalue weighted by molar-refractivity contribution is 7.98. The van der Waals surface area contributed by atoms with E-state index in [1.54, 1.807) is 6.92 Å². The van der Waals surface area contributed by atoms with Crippen molar-refractivity contribution in [2.45, 2.75) is 44.8 Å². The number of hydrogen-bond acceptors (Lipinski definition) is 7. The molecule has 0 aromatic heterocycles. The lowest BCUT2D eigenvalue weighted by Crippen LogP contribution is -2.58. The molecular formula is C16H30N4O5S2. The second-order valence-corrected chi connectivity index (χ2v) is 7.47. The van der Waals surface area contributed by atoms with Crippen LogP contribution in [0.4, 0.5) is 0 Å². The summed E-state index contributed by atoms with van der Waals surface area (Å²) in [5, 5.41) is 16.2. The molecule has 0 aliphatic heterocycles. The molecule has 0 bridgehead atoms. The number of carboxylic acids is 1. The van der Waals surface area contributed by atoms with E-state index in [4.69, 9.17) is 10.8 Å². The van der Waals surface area contributed by atoms with Gasteiger partial charge in [0, 0.05) is 5.75 Å². The fourth-order valence-corrected chi connectivity index (χ4v) is 2.73. The molecule has 0 spiro atoms. The van der Waals surface area contributed by atoms with Gasteiger partial charge in [-0.15, -0.1) is 0 Å². The van der Waals surface area contributed by atoms with Crippen LogP contribution in [0.25, 0.3) is 0 Å². The van der Waals surface area contributed by atoms with Crippen LogP contribution in [0.1, 0.15) is 26.7 Å². The predicted octanol–water partition coefficient (Wildman–Crippen LogP) is -0.787. The average molecular weight is 423 g/mol. The Balaban J connectivity index is 5.19. The van der Waals surface area contributed by atoms with Crippen molar-refractivity contribution in [3.63, 3.8) is 0 Å². The molecular weight excluding hydrogens is 392 g/mol. The first-order valence-electron chi connectivity index (χ1n) is 8.63. The van der Waals surface area contributed by atoms with E-state index in [0.717, 1.165) is 0 Å². The summed E-state index contributed by atoms with van der Waals surface area (Å²) in [6.45, 7) is 3.14. The molecule has 9 nitrogen and oxygen atoms in total. The molecule has 0 heterocycles. The molecule has 0 saturated carbocycles. The Morgan fingerprint density at radius 1 is 1.15 bits per heavy atom. The van der Waals surface area contributed by atoms with Gasteiger partial charge in [-0.3, -0.25) is 19.2 Å². The summed E-state index contributed by atoms with van der Waals surface area (Å²) >= 11 is 5.47. The van der Waals surface area contributed by atoms with Crippen molar-refractivity contribution >= 4 is 48.1 Å². The third-order valence-corrected chi connectivity index (χ3v) is 5.02. The number of thiol groups is 1. The second kappa shape index (κ2) is 13.7. The minimum atomic E-state index is -1.18. The molecule has 6 N–H and O–H groups in total. The first-order chi connectivity index (χ1) is 12.7. The summed E-state index contributed by atoms with van der Waals surface area (Å²) in [6, 6.07) is -2.61. The monoisotopic (exact) mass is 422 g/mol.